The zero-order chi connectivity index (χ0) is 11.3. The highest BCUT2D eigenvalue weighted by molar-refractivity contribution is 7.99. The first-order chi connectivity index (χ1) is 7.15. The lowest BCUT2D eigenvalue weighted by Gasteiger charge is -2.10. The summed E-state index contributed by atoms with van der Waals surface area (Å²) in [5.74, 6) is -0.0542. The van der Waals surface area contributed by atoms with Crippen LogP contribution < -0.4 is 5.32 Å². The molecule has 0 aromatic heterocycles. The van der Waals surface area contributed by atoms with Crippen molar-refractivity contribution in [3.8, 4) is 0 Å². The molecule has 4 heteroatoms. The van der Waals surface area contributed by atoms with Gasteiger partial charge < -0.3 is 5.32 Å². The molecule has 1 aromatic carbocycles. The van der Waals surface area contributed by atoms with E-state index < -0.39 is 0 Å². The molecule has 1 atom stereocenters. The second kappa shape index (κ2) is 6.08. The molecule has 15 heavy (non-hydrogen) atoms. The van der Waals surface area contributed by atoms with E-state index in [-0.39, 0.29) is 5.91 Å². The maximum atomic E-state index is 11.7. The highest BCUT2D eigenvalue weighted by Gasteiger charge is 2.09. The maximum absolute atomic E-state index is 11.7. The molecule has 0 spiro atoms. The Bertz CT molecular complexity index is 341. The second-order valence-corrected chi connectivity index (χ2v) is 5.03. The third-order valence-corrected chi connectivity index (χ3v) is 3.46. The quantitative estimate of drug-likeness (QED) is 0.793. The van der Waals surface area contributed by atoms with E-state index in [0.29, 0.717) is 22.3 Å². The van der Waals surface area contributed by atoms with Crippen molar-refractivity contribution in [1.82, 2.24) is 5.32 Å². The van der Waals surface area contributed by atoms with Gasteiger partial charge in [0.1, 0.15) is 0 Å². The van der Waals surface area contributed by atoms with Crippen molar-refractivity contribution in [3.63, 3.8) is 0 Å². The molecule has 0 aliphatic rings. The number of hydrogen-bond donors (Lipinski definition) is 2. The molecule has 1 aromatic rings. The maximum Gasteiger partial charge on any atom is 0.252 e. The van der Waals surface area contributed by atoms with Crippen molar-refractivity contribution in [2.75, 3.05) is 12.8 Å². The fourth-order valence-electron chi connectivity index (χ4n) is 1.08. The highest BCUT2D eigenvalue weighted by Crippen LogP contribution is 2.12. The van der Waals surface area contributed by atoms with Crippen molar-refractivity contribution in [2.24, 2.45) is 0 Å². The largest absolute Gasteiger partial charge is 0.351 e. The van der Waals surface area contributed by atoms with Crippen LogP contribution in [0.15, 0.2) is 29.2 Å². The average Bonchev–Trinajstić information content (AvgIpc) is 2.26. The SMILES string of the molecule is CSC(C)CNC(=O)c1ccccc1S. The molecule has 0 fully saturated rings. The van der Waals surface area contributed by atoms with E-state index in [1.165, 1.54) is 0 Å². The number of hydrogen-bond acceptors (Lipinski definition) is 3. The van der Waals surface area contributed by atoms with Gasteiger partial charge in [0.2, 0.25) is 0 Å². The van der Waals surface area contributed by atoms with Gasteiger partial charge in [0.05, 0.1) is 5.56 Å². The van der Waals surface area contributed by atoms with Crippen LogP contribution in [-0.4, -0.2) is 24.0 Å². The van der Waals surface area contributed by atoms with Crippen LogP contribution >= 0.6 is 24.4 Å². The Kier molecular flexibility index (Phi) is 5.05. The monoisotopic (exact) mass is 241 g/mol. The van der Waals surface area contributed by atoms with Crippen LogP contribution in [0.4, 0.5) is 0 Å². The Hall–Kier alpha value is -0.610. The summed E-state index contributed by atoms with van der Waals surface area (Å²) in [5, 5.41) is 3.31. The summed E-state index contributed by atoms with van der Waals surface area (Å²) in [6.45, 7) is 2.76. The predicted octanol–water partition coefficient (Wildman–Crippen LogP) is 2.46. The topological polar surface area (TPSA) is 29.1 Å². The normalized spacial score (nSPS) is 12.2. The number of thiol groups is 1. The zero-order valence-electron chi connectivity index (χ0n) is 8.86. The van der Waals surface area contributed by atoms with Gasteiger partial charge in [-0.25, -0.2) is 0 Å². The summed E-state index contributed by atoms with van der Waals surface area (Å²) in [5.41, 5.74) is 0.633. The van der Waals surface area contributed by atoms with E-state index in [1.807, 2.05) is 24.5 Å². The minimum Gasteiger partial charge on any atom is -0.351 e. The smallest absolute Gasteiger partial charge is 0.252 e. The van der Waals surface area contributed by atoms with Crippen LogP contribution in [-0.2, 0) is 0 Å². The van der Waals surface area contributed by atoms with Gasteiger partial charge in [0.15, 0.2) is 0 Å². The first-order valence-electron chi connectivity index (χ1n) is 4.74. The van der Waals surface area contributed by atoms with E-state index in [2.05, 4.69) is 24.9 Å². The molecule has 0 radical (unpaired) electrons. The van der Waals surface area contributed by atoms with Gasteiger partial charge in [-0.15, -0.1) is 12.6 Å². The van der Waals surface area contributed by atoms with Gasteiger partial charge >= 0.3 is 0 Å². The molecular formula is C11H15NOS2. The van der Waals surface area contributed by atoms with Crippen molar-refractivity contribution in [1.29, 1.82) is 0 Å². The number of rotatable bonds is 4. The van der Waals surface area contributed by atoms with Crippen molar-refractivity contribution >= 4 is 30.3 Å². The third kappa shape index (κ3) is 3.80. The molecule has 0 bridgehead atoms. The predicted molar refractivity (Wildman–Crippen MR) is 69.0 cm³/mol. The lowest BCUT2D eigenvalue weighted by atomic mass is 10.2. The number of thioether (sulfide) groups is 1. The Balaban J connectivity index is 2.58. The van der Waals surface area contributed by atoms with Gasteiger partial charge in [0.25, 0.3) is 5.91 Å². The minimum atomic E-state index is -0.0542. The minimum absolute atomic E-state index is 0.0542. The number of benzene rings is 1. The Labute approximate surface area is 100 Å². The van der Waals surface area contributed by atoms with Crippen LogP contribution in [0.5, 0.6) is 0 Å². The molecule has 0 saturated carbocycles. The summed E-state index contributed by atoms with van der Waals surface area (Å²) in [4.78, 5) is 12.4. The molecule has 0 saturated heterocycles. The van der Waals surface area contributed by atoms with Gasteiger partial charge in [0, 0.05) is 16.7 Å². The van der Waals surface area contributed by atoms with E-state index in [0.717, 1.165) is 0 Å². The van der Waals surface area contributed by atoms with Gasteiger partial charge in [-0.1, -0.05) is 19.1 Å². The van der Waals surface area contributed by atoms with E-state index in [9.17, 15) is 4.79 Å². The fourth-order valence-corrected chi connectivity index (χ4v) is 1.59. The zero-order valence-corrected chi connectivity index (χ0v) is 10.6. The first kappa shape index (κ1) is 12.5. The fraction of sp³-hybridized carbons (Fsp3) is 0.364. The number of carbonyl (C=O) groups is 1. The first-order valence-corrected chi connectivity index (χ1v) is 6.47. The molecule has 1 N–H and O–H groups in total. The summed E-state index contributed by atoms with van der Waals surface area (Å²) in [6, 6.07) is 7.30. The molecule has 82 valence electrons. The van der Waals surface area contributed by atoms with Gasteiger partial charge in [-0.2, -0.15) is 11.8 Å². The lowest BCUT2D eigenvalue weighted by molar-refractivity contribution is 0.0951. The molecule has 1 unspecified atom stereocenters. The van der Waals surface area contributed by atoms with Crippen LogP contribution in [0, 0.1) is 0 Å². The van der Waals surface area contributed by atoms with Crippen molar-refractivity contribution in [2.45, 2.75) is 17.1 Å². The van der Waals surface area contributed by atoms with Crippen LogP contribution in [0.1, 0.15) is 17.3 Å². The Morgan fingerprint density at radius 2 is 2.20 bits per heavy atom. The van der Waals surface area contributed by atoms with E-state index in [4.69, 9.17) is 0 Å². The summed E-state index contributed by atoms with van der Waals surface area (Å²) >= 11 is 5.97. The third-order valence-electron chi connectivity index (χ3n) is 2.10. The molecule has 0 aliphatic heterocycles. The molecule has 2 nitrogen and oxygen atoms in total. The standard InChI is InChI=1S/C11H15NOS2/c1-8(15-2)7-12-11(13)9-5-3-4-6-10(9)14/h3-6,8,14H,7H2,1-2H3,(H,12,13). The molecular weight excluding hydrogens is 226 g/mol. The molecule has 0 aliphatic carbocycles. The van der Waals surface area contributed by atoms with E-state index in [1.54, 1.807) is 17.8 Å². The summed E-state index contributed by atoms with van der Waals surface area (Å²) < 4.78 is 0. The molecule has 1 rings (SSSR count). The van der Waals surface area contributed by atoms with Crippen molar-refractivity contribution < 1.29 is 4.79 Å². The van der Waals surface area contributed by atoms with Crippen LogP contribution in [0.3, 0.4) is 0 Å². The highest BCUT2D eigenvalue weighted by atomic mass is 32.2. The summed E-state index contributed by atoms with van der Waals surface area (Å²) in [7, 11) is 0. The number of nitrogens with one attached hydrogen (secondary N) is 1. The Morgan fingerprint density at radius 1 is 1.53 bits per heavy atom. The van der Waals surface area contributed by atoms with E-state index >= 15 is 0 Å². The second-order valence-electron chi connectivity index (χ2n) is 3.27. The number of amides is 1. The Morgan fingerprint density at radius 3 is 2.80 bits per heavy atom. The van der Waals surface area contributed by atoms with Crippen LogP contribution in [0.25, 0.3) is 0 Å². The van der Waals surface area contributed by atoms with Gasteiger partial charge in [-0.3, -0.25) is 4.79 Å². The van der Waals surface area contributed by atoms with Gasteiger partial charge in [-0.05, 0) is 18.4 Å². The number of carbonyl (C=O) groups excluding carboxylic acids is 1. The van der Waals surface area contributed by atoms with Crippen molar-refractivity contribution in [3.05, 3.63) is 29.8 Å². The molecule has 1 amide bonds. The lowest BCUT2D eigenvalue weighted by Crippen LogP contribution is -2.29. The van der Waals surface area contributed by atoms with Crippen LogP contribution in [0.2, 0.25) is 0 Å². The average molecular weight is 241 g/mol. The molecule has 0 heterocycles. The summed E-state index contributed by atoms with van der Waals surface area (Å²) in [6.07, 6.45) is 2.03.